The summed E-state index contributed by atoms with van der Waals surface area (Å²) in [5.41, 5.74) is -0.175. The fraction of sp³-hybridized carbons (Fsp3) is 0.727. The molecular weight excluding hydrogens is 194 g/mol. The Bertz CT molecular complexity index is 301. The molecular formula is C11H15NO3. The second-order valence-corrected chi connectivity index (χ2v) is 4.43. The number of likely N-dealkylation sites (tertiary alicyclic amines) is 1. The Balaban J connectivity index is 2.15. The van der Waals surface area contributed by atoms with E-state index in [9.17, 15) is 14.4 Å². The molecule has 0 atom stereocenters. The van der Waals surface area contributed by atoms with Crippen molar-refractivity contribution in [3.8, 4) is 0 Å². The molecule has 1 aliphatic heterocycles. The van der Waals surface area contributed by atoms with Gasteiger partial charge in [-0.1, -0.05) is 0 Å². The maximum atomic E-state index is 11.6. The number of rotatable bonds is 2. The molecule has 0 aromatic carbocycles. The summed E-state index contributed by atoms with van der Waals surface area (Å²) in [4.78, 5) is 35.0. The van der Waals surface area contributed by atoms with Crippen LogP contribution < -0.4 is 0 Å². The molecule has 0 bridgehead atoms. The number of carbonyl (C=O) groups excluding carboxylic acids is 3. The minimum atomic E-state index is -0.175. The van der Waals surface area contributed by atoms with Crippen LogP contribution >= 0.6 is 0 Å². The molecule has 0 aromatic rings. The van der Waals surface area contributed by atoms with Crippen molar-refractivity contribution in [3.05, 3.63) is 0 Å². The lowest BCUT2D eigenvalue weighted by atomic mass is 9.79. The molecule has 4 nitrogen and oxygen atoms in total. The Hall–Kier alpha value is -1.19. The number of aldehydes is 1. The third-order valence-corrected chi connectivity index (χ3v) is 3.67. The molecule has 1 spiro atoms. The molecule has 15 heavy (non-hydrogen) atoms. The smallest absolute Gasteiger partial charge is 0.223 e. The van der Waals surface area contributed by atoms with Gasteiger partial charge in [-0.2, -0.15) is 0 Å². The molecule has 1 amide bonds. The molecule has 0 aromatic heterocycles. The lowest BCUT2D eigenvalue weighted by Gasteiger charge is -2.40. The largest absolute Gasteiger partial charge is 0.330 e. The van der Waals surface area contributed by atoms with Crippen LogP contribution in [0.2, 0.25) is 0 Å². The molecule has 2 aliphatic rings. The van der Waals surface area contributed by atoms with E-state index in [0.29, 0.717) is 19.3 Å². The quantitative estimate of drug-likeness (QED) is 0.629. The van der Waals surface area contributed by atoms with Crippen molar-refractivity contribution in [2.24, 2.45) is 0 Å². The monoisotopic (exact) mass is 209 g/mol. The van der Waals surface area contributed by atoms with Crippen LogP contribution in [-0.4, -0.2) is 35.0 Å². The predicted molar refractivity (Wildman–Crippen MR) is 53.2 cm³/mol. The van der Waals surface area contributed by atoms with E-state index < -0.39 is 0 Å². The minimum absolute atomic E-state index is 0.0662. The van der Waals surface area contributed by atoms with Gasteiger partial charge in [-0.25, -0.2) is 0 Å². The van der Waals surface area contributed by atoms with Crippen molar-refractivity contribution < 1.29 is 14.4 Å². The van der Waals surface area contributed by atoms with Gasteiger partial charge in [0, 0.05) is 24.8 Å². The zero-order chi connectivity index (χ0) is 10.9. The van der Waals surface area contributed by atoms with E-state index in [0.717, 1.165) is 25.5 Å². The summed E-state index contributed by atoms with van der Waals surface area (Å²) < 4.78 is 0. The zero-order valence-corrected chi connectivity index (χ0v) is 8.70. The van der Waals surface area contributed by atoms with Gasteiger partial charge in [-0.3, -0.25) is 9.59 Å². The molecule has 1 saturated heterocycles. The second-order valence-electron chi connectivity index (χ2n) is 4.43. The van der Waals surface area contributed by atoms with Crippen molar-refractivity contribution in [2.75, 3.05) is 6.54 Å². The van der Waals surface area contributed by atoms with Crippen LogP contribution in [0.4, 0.5) is 0 Å². The standard InChI is InChI=1S/C11H15NO3/c13-8-7-12-10(15)3-6-11(12)4-1-9(14)2-5-11/h8H,1-7H2. The summed E-state index contributed by atoms with van der Waals surface area (Å²) in [5, 5.41) is 0. The average molecular weight is 209 g/mol. The Morgan fingerprint density at radius 3 is 2.33 bits per heavy atom. The summed E-state index contributed by atoms with van der Waals surface area (Å²) in [6.07, 6.45) is 4.72. The fourth-order valence-corrected chi connectivity index (χ4v) is 2.76. The third-order valence-electron chi connectivity index (χ3n) is 3.67. The van der Waals surface area contributed by atoms with Gasteiger partial charge < -0.3 is 9.69 Å². The molecule has 2 fully saturated rings. The molecule has 1 aliphatic carbocycles. The molecule has 0 unspecified atom stereocenters. The highest BCUT2D eigenvalue weighted by atomic mass is 16.2. The fourth-order valence-electron chi connectivity index (χ4n) is 2.76. The Morgan fingerprint density at radius 1 is 1.13 bits per heavy atom. The first-order chi connectivity index (χ1) is 7.18. The summed E-state index contributed by atoms with van der Waals surface area (Å²) in [6.45, 7) is 0.188. The highest BCUT2D eigenvalue weighted by Crippen LogP contribution is 2.40. The van der Waals surface area contributed by atoms with Gasteiger partial charge in [0.2, 0.25) is 5.91 Å². The Labute approximate surface area is 88.6 Å². The van der Waals surface area contributed by atoms with Crippen LogP contribution in [-0.2, 0) is 14.4 Å². The summed E-state index contributed by atoms with van der Waals surface area (Å²) >= 11 is 0. The number of Topliss-reactive ketones (excluding diaryl/α,β-unsaturated/α-hetero) is 1. The number of ketones is 1. The molecule has 0 N–H and O–H groups in total. The van der Waals surface area contributed by atoms with Crippen molar-refractivity contribution in [2.45, 2.75) is 44.1 Å². The van der Waals surface area contributed by atoms with E-state index in [-0.39, 0.29) is 23.8 Å². The van der Waals surface area contributed by atoms with Gasteiger partial charge in [0.05, 0.1) is 6.54 Å². The van der Waals surface area contributed by atoms with Crippen molar-refractivity contribution in [1.29, 1.82) is 0 Å². The van der Waals surface area contributed by atoms with Gasteiger partial charge >= 0.3 is 0 Å². The predicted octanol–water partition coefficient (Wildman–Crippen LogP) is 0.690. The lowest BCUT2D eigenvalue weighted by Crippen LogP contribution is -2.48. The van der Waals surface area contributed by atoms with Gasteiger partial charge in [0.15, 0.2) is 0 Å². The molecule has 2 rings (SSSR count). The van der Waals surface area contributed by atoms with E-state index >= 15 is 0 Å². The summed E-state index contributed by atoms with van der Waals surface area (Å²) in [5.74, 6) is 0.350. The van der Waals surface area contributed by atoms with Crippen LogP contribution in [0.25, 0.3) is 0 Å². The van der Waals surface area contributed by atoms with Gasteiger partial charge in [0.1, 0.15) is 12.1 Å². The van der Waals surface area contributed by atoms with Crippen LogP contribution in [0.5, 0.6) is 0 Å². The summed E-state index contributed by atoms with van der Waals surface area (Å²) in [7, 11) is 0. The van der Waals surface area contributed by atoms with E-state index in [1.807, 2.05) is 0 Å². The average Bonchev–Trinajstić information content (AvgIpc) is 2.53. The molecule has 1 heterocycles. The van der Waals surface area contributed by atoms with Gasteiger partial charge in [-0.05, 0) is 19.3 Å². The number of nitrogens with zero attached hydrogens (tertiary/aromatic N) is 1. The van der Waals surface area contributed by atoms with Gasteiger partial charge in [0.25, 0.3) is 0 Å². The first-order valence-corrected chi connectivity index (χ1v) is 5.44. The van der Waals surface area contributed by atoms with Crippen molar-refractivity contribution in [1.82, 2.24) is 4.90 Å². The number of hydrogen-bond acceptors (Lipinski definition) is 3. The van der Waals surface area contributed by atoms with Crippen LogP contribution in [0.3, 0.4) is 0 Å². The van der Waals surface area contributed by atoms with Crippen molar-refractivity contribution in [3.63, 3.8) is 0 Å². The first kappa shape index (κ1) is 10.3. The highest BCUT2D eigenvalue weighted by Gasteiger charge is 2.46. The molecule has 1 saturated carbocycles. The van der Waals surface area contributed by atoms with Crippen LogP contribution in [0.15, 0.2) is 0 Å². The lowest BCUT2D eigenvalue weighted by molar-refractivity contribution is -0.136. The minimum Gasteiger partial charge on any atom is -0.330 e. The van der Waals surface area contributed by atoms with Crippen molar-refractivity contribution >= 4 is 18.0 Å². The number of hydrogen-bond donors (Lipinski definition) is 0. The zero-order valence-electron chi connectivity index (χ0n) is 8.70. The molecule has 0 radical (unpaired) electrons. The second kappa shape index (κ2) is 3.76. The number of amides is 1. The molecule has 4 heteroatoms. The first-order valence-electron chi connectivity index (χ1n) is 5.44. The SMILES string of the molecule is O=CCN1C(=O)CCC12CCC(=O)CC2. The van der Waals surface area contributed by atoms with E-state index in [1.54, 1.807) is 4.90 Å². The Kier molecular flexibility index (Phi) is 2.59. The topological polar surface area (TPSA) is 54.5 Å². The highest BCUT2D eigenvalue weighted by molar-refractivity contribution is 5.84. The third kappa shape index (κ3) is 1.68. The normalized spacial score (nSPS) is 24.9. The van der Waals surface area contributed by atoms with E-state index in [1.165, 1.54) is 0 Å². The van der Waals surface area contributed by atoms with E-state index in [2.05, 4.69) is 0 Å². The number of carbonyl (C=O) groups is 3. The maximum absolute atomic E-state index is 11.6. The Morgan fingerprint density at radius 2 is 1.73 bits per heavy atom. The van der Waals surface area contributed by atoms with Gasteiger partial charge in [-0.15, -0.1) is 0 Å². The van der Waals surface area contributed by atoms with Crippen LogP contribution in [0, 0.1) is 0 Å². The molecule has 82 valence electrons. The maximum Gasteiger partial charge on any atom is 0.223 e. The van der Waals surface area contributed by atoms with E-state index in [4.69, 9.17) is 0 Å². The van der Waals surface area contributed by atoms with Crippen LogP contribution in [0.1, 0.15) is 38.5 Å². The summed E-state index contributed by atoms with van der Waals surface area (Å²) in [6, 6.07) is 0.